The molecule has 0 unspecified atom stereocenters. The topological polar surface area (TPSA) is 91.4 Å². The lowest BCUT2D eigenvalue weighted by Gasteiger charge is -2.08. The molecule has 3 rings (SSSR count). The molecule has 0 radical (unpaired) electrons. The van der Waals surface area contributed by atoms with E-state index in [0.717, 1.165) is 17.1 Å². The summed E-state index contributed by atoms with van der Waals surface area (Å²) in [5.74, 6) is 0.170. The summed E-state index contributed by atoms with van der Waals surface area (Å²) in [4.78, 5) is 10.0. The maximum Gasteiger partial charge on any atom is 0.339 e. The maximum absolute atomic E-state index is 12.4. The van der Waals surface area contributed by atoms with Crippen molar-refractivity contribution in [3.05, 3.63) is 76.1 Å². The van der Waals surface area contributed by atoms with E-state index in [1.165, 1.54) is 24.3 Å². The molecule has 0 fully saturated rings. The van der Waals surface area contributed by atoms with Crippen molar-refractivity contribution in [2.45, 2.75) is 11.8 Å². The molecule has 134 valence electrons. The lowest BCUT2D eigenvalue weighted by atomic mass is 10.1. The summed E-state index contributed by atoms with van der Waals surface area (Å²) in [6, 6.07) is 11.2. The van der Waals surface area contributed by atoms with Crippen molar-refractivity contribution in [1.82, 2.24) is 4.57 Å². The standard InChI is InChI=1S/C18H16N2O5S/c1-13-3-6-16(7-4-13)26(23,24)25-15-5-8-17-14(9-10-20(21)22)12-19(2)18(17)11-15/h3-12H,1-2H3. The van der Waals surface area contributed by atoms with Gasteiger partial charge in [-0.05, 0) is 31.2 Å². The fourth-order valence-electron chi connectivity index (χ4n) is 2.60. The maximum atomic E-state index is 12.4. The Morgan fingerprint density at radius 1 is 1.15 bits per heavy atom. The minimum absolute atomic E-state index is 0.0738. The van der Waals surface area contributed by atoms with Gasteiger partial charge in [0.05, 0.1) is 10.4 Å². The highest BCUT2D eigenvalue weighted by molar-refractivity contribution is 7.87. The van der Waals surface area contributed by atoms with Crippen molar-refractivity contribution < 1.29 is 17.5 Å². The van der Waals surface area contributed by atoms with E-state index in [9.17, 15) is 18.5 Å². The number of aromatic nitrogens is 1. The van der Waals surface area contributed by atoms with Crippen molar-refractivity contribution in [3.63, 3.8) is 0 Å². The lowest BCUT2D eigenvalue weighted by molar-refractivity contribution is -0.400. The van der Waals surface area contributed by atoms with Crippen molar-refractivity contribution in [1.29, 1.82) is 0 Å². The SMILES string of the molecule is Cc1ccc(S(=O)(=O)Oc2ccc3c(C=C[N+](=O)[O-])cn(C)c3c2)cc1. The number of aryl methyl sites for hydroxylation is 2. The average Bonchev–Trinajstić information content (AvgIpc) is 2.89. The van der Waals surface area contributed by atoms with E-state index in [1.807, 2.05) is 6.92 Å². The summed E-state index contributed by atoms with van der Waals surface area (Å²) in [5, 5.41) is 11.3. The van der Waals surface area contributed by atoms with Gasteiger partial charge >= 0.3 is 10.1 Å². The highest BCUT2D eigenvalue weighted by Crippen LogP contribution is 2.28. The van der Waals surface area contributed by atoms with E-state index in [2.05, 4.69) is 0 Å². The van der Waals surface area contributed by atoms with E-state index in [0.29, 0.717) is 11.1 Å². The molecule has 0 amide bonds. The first kappa shape index (κ1) is 17.7. The number of nitrogens with zero attached hydrogens (tertiary/aromatic N) is 2. The molecule has 0 N–H and O–H groups in total. The minimum Gasteiger partial charge on any atom is -0.379 e. The van der Waals surface area contributed by atoms with Crippen LogP contribution in [0.25, 0.3) is 17.0 Å². The number of nitro groups is 1. The smallest absolute Gasteiger partial charge is 0.339 e. The Morgan fingerprint density at radius 3 is 2.50 bits per heavy atom. The zero-order chi connectivity index (χ0) is 18.9. The van der Waals surface area contributed by atoms with Gasteiger partial charge in [-0.25, -0.2) is 0 Å². The van der Waals surface area contributed by atoms with Crippen LogP contribution in [0.1, 0.15) is 11.1 Å². The van der Waals surface area contributed by atoms with E-state index >= 15 is 0 Å². The number of benzene rings is 2. The van der Waals surface area contributed by atoms with Gasteiger partial charge in [0.25, 0.3) is 0 Å². The van der Waals surface area contributed by atoms with Crippen LogP contribution in [-0.2, 0) is 17.2 Å². The van der Waals surface area contributed by atoms with Crippen LogP contribution in [0.2, 0.25) is 0 Å². The first-order valence-corrected chi connectivity index (χ1v) is 9.09. The largest absolute Gasteiger partial charge is 0.379 e. The van der Waals surface area contributed by atoms with Gasteiger partial charge in [0.1, 0.15) is 10.6 Å². The van der Waals surface area contributed by atoms with Gasteiger partial charge in [-0.2, -0.15) is 8.42 Å². The fourth-order valence-corrected chi connectivity index (χ4v) is 3.52. The quantitative estimate of drug-likeness (QED) is 0.388. The van der Waals surface area contributed by atoms with Crippen LogP contribution in [0, 0.1) is 17.0 Å². The molecule has 26 heavy (non-hydrogen) atoms. The number of hydrogen-bond donors (Lipinski definition) is 0. The summed E-state index contributed by atoms with van der Waals surface area (Å²) in [5.41, 5.74) is 2.31. The molecule has 0 aliphatic heterocycles. The second-order valence-corrected chi connectivity index (χ2v) is 7.37. The van der Waals surface area contributed by atoms with Crippen LogP contribution >= 0.6 is 0 Å². The third kappa shape index (κ3) is 3.60. The van der Waals surface area contributed by atoms with Gasteiger partial charge in [-0.3, -0.25) is 10.1 Å². The summed E-state index contributed by atoms with van der Waals surface area (Å²) >= 11 is 0. The molecular formula is C18H16N2O5S. The first-order chi connectivity index (χ1) is 12.3. The predicted molar refractivity (Wildman–Crippen MR) is 97.9 cm³/mol. The first-order valence-electron chi connectivity index (χ1n) is 7.68. The Kier molecular flexibility index (Phi) is 4.52. The molecule has 7 nitrogen and oxygen atoms in total. The van der Waals surface area contributed by atoms with E-state index in [-0.39, 0.29) is 10.6 Å². The Bertz CT molecular complexity index is 1110. The molecule has 0 saturated carbocycles. The summed E-state index contributed by atoms with van der Waals surface area (Å²) < 4.78 is 31.8. The van der Waals surface area contributed by atoms with Gasteiger partial charge < -0.3 is 8.75 Å². The molecular weight excluding hydrogens is 356 g/mol. The van der Waals surface area contributed by atoms with Gasteiger partial charge in [-0.15, -0.1) is 0 Å². The van der Waals surface area contributed by atoms with Gasteiger partial charge in [0.2, 0.25) is 6.20 Å². The fraction of sp³-hybridized carbons (Fsp3) is 0.111. The van der Waals surface area contributed by atoms with E-state index in [4.69, 9.17) is 4.18 Å². The van der Waals surface area contributed by atoms with Crippen molar-refractivity contribution in [2.24, 2.45) is 7.05 Å². The molecule has 1 heterocycles. The Morgan fingerprint density at radius 2 is 1.85 bits per heavy atom. The summed E-state index contributed by atoms with van der Waals surface area (Å²) in [7, 11) is -2.17. The number of hydrogen-bond acceptors (Lipinski definition) is 5. The van der Waals surface area contributed by atoms with Crippen molar-refractivity contribution in [2.75, 3.05) is 0 Å². The zero-order valence-electron chi connectivity index (χ0n) is 14.1. The van der Waals surface area contributed by atoms with Crippen molar-refractivity contribution in [3.8, 4) is 5.75 Å². The molecule has 0 aliphatic rings. The normalized spacial score (nSPS) is 11.9. The van der Waals surface area contributed by atoms with Crippen LogP contribution in [0.3, 0.4) is 0 Å². The predicted octanol–water partition coefficient (Wildman–Crippen LogP) is 3.50. The molecule has 0 saturated heterocycles. The second kappa shape index (κ2) is 6.64. The number of fused-ring (bicyclic) bond motifs is 1. The number of rotatable bonds is 5. The minimum atomic E-state index is -3.94. The second-order valence-electron chi connectivity index (χ2n) is 5.83. The van der Waals surface area contributed by atoms with Crippen molar-refractivity contribution >= 4 is 27.1 Å². The van der Waals surface area contributed by atoms with Gasteiger partial charge in [0.15, 0.2) is 0 Å². The third-order valence-electron chi connectivity index (χ3n) is 3.88. The van der Waals surface area contributed by atoms with Crippen LogP contribution in [0.5, 0.6) is 5.75 Å². The van der Waals surface area contributed by atoms with Crippen LogP contribution in [0.15, 0.2) is 59.8 Å². The Labute approximate surface area is 150 Å². The molecule has 3 aromatic rings. The third-order valence-corrected chi connectivity index (χ3v) is 5.15. The lowest BCUT2D eigenvalue weighted by Crippen LogP contribution is -2.09. The monoisotopic (exact) mass is 372 g/mol. The van der Waals surface area contributed by atoms with Crippen LogP contribution in [0.4, 0.5) is 0 Å². The molecule has 0 aliphatic carbocycles. The molecule has 2 aromatic carbocycles. The Hall–Kier alpha value is -3.13. The van der Waals surface area contributed by atoms with E-state index in [1.54, 1.807) is 42.1 Å². The average molecular weight is 372 g/mol. The zero-order valence-corrected chi connectivity index (χ0v) is 14.9. The van der Waals surface area contributed by atoms with Gasteiger partial charge in [-0.1, -0.05) is 17.7 Å². The van der Waals surface area contributed by atoms with E-state index < -0.39 is 15.0 Å². The molecule has 8 heteroatoms. The Balaban J connectivity index is 1.95. The molecule has 0 spiro atoms. The highest BCUT2D eigenvalue weighted by atomic mass is 32.2. The van der Waals surface area contributed by atoms with Crippen LogP contribution < -0.4 is 4.18 Å². The molecule has 0 atom stereocenters. The molecule has 0 bridgehead atoms. The summed E-state index contributed by atoms with van der Waals surface area (Å²) in [6.45, 7) is 1.87. The summed E-state index contributed by atoms with van der Waals surface area (Å²) in [6.07, 6.45) is 3.98. The van der Waals surface area contributed by atoms with Crippen LogP contribution in [-0.4, -0.2) is 17.9 Å². The molecule has 1 aromatic heterocycles. The van der Waals surface area contributed by atoms with Gasteiger partial charge in [0, 0.05) is 36.3 Å². The highest BCUT2D eigenvalue weighted by Gasteiger charge is 2.17.